The molecule has 0 heterocycles. The van der Waals surface area contributed by atoms with Gasteiger partial charge >= 0.3 is 0 Å². The summed E-state index contributed by atoms with van der Waals surface area (Å²) in [4.78, 5) is 1.27. The van der Waals surface area contributed by atoms with Crippen LogP contribution in [0.4, 0.5) is 0 Å². The molecule has 0 fully saturated rings. The molecule has 0 bridgehead atoms. The second-order valence-electron chi connectivity index (χ2n) is 3.89. The summed E-state index contributed by atoms with van der Waals surface area (Å²) in [7, 11) is 0. The highest BCUT2D eigenvalue weighted by Gasteiger charge is 1.97. The van der Waals surface area contributed by atoms with Crippen LogP contribution >= 0.6 is 11.8 Å². The Labute approximate surface area is 107 Å². The van der Waals surface area contributed by atoms with Gasteiger partial charge in [-0.1, -0.05) is 42.5 Å². The predicted molar refractivity (Wildman–Crippen MR) is 73.2 cm³/mol. The number of thioether (sulfide) groups is 1. The van der Waals surface area contributed by atoms with Crippen LogP contribution in [0, 0.1) is 0 Å². The minimum Gasteiger partial charge on any atom is -0.396 e. The van der Waals surface area contributed by atoms with Crippen molar-refractivity contribution in [1.82, 2.24) is 0 Å². The van der Waals surface area contributed by atoms with Crippen LogP contribution in [0.1, 0.15) is 11.1 Å². The minimum atomic E-state index is 0.219. The molecule has 0 aliphatic rings. The van der Waals surface area contributed by atoms with Crippen molar-refractivity contribution in [3.8, 4) is 0 Å². The van der Waals surface area contributed by atoms with Gasteiger partial charge in [0.2, 0.25) is 0 Å². The highest BCUT2D eigenvalue weighted by molar-refractivity contribution is 7.98. The van der Waals surface area contributed by atoms with E-state index in [4.69, 9.17) is 5.11 Å². The van der Waals surface area contributed by atoms with Crippen LogP contribution in [-0.2, 0) is 12.2 Å². The first-order valence-corrected chi connectivity index (χ1v) is 6.73. The van der Waals surface area contributed by atoms with E-state index in [1.54, 1.807) is 0 Å². The van der Waals surface area contributed by atoms with E-state index in [2.05, 4.69) is 48.5 Å². The molecule has 17 heavy (non-hydrogen) atoms. The van der Waals surface area contributed by atoms with Gasteiger partial charge in [-0.15, -0.1) is 11.8 Å². The molecule has 0 unspecified atom stereocenters. The zero-order valence-corrected chi connectivity index (χ0v) is 10.5. The Hall–Kier alpha value is -1.25. The quantitative estimate of drug-likeness (QED) is 0.812. The molecular weight excluding hydrogens is 228 g/mol. The first-order valence-electron chi connectivity index (χ1n) is 5.75. The average molecular weight is 244 g/mol. The van der Waals surface area contributed by atoms with E-state index in [1.165, 1.54) is 16.0 Å². The molecule has 0 radical (unpaired) electrons. The van der Waals surface area contributed by atoms with Gasteiger partial charge < -0.3 is 5.11 Å². The molecule has 0 spiro atoms. The standard InChI is InChI=1S/C15H16OS/c16-11-10-13-6-8-15(9-7-13)17-12-14-4-2-1-3-5-14/h1-9,16H,10-12H2. The zero-order chi connectivity index (χ0) is 11.9. The zero-order valence-electron chi connectivity index (χ0n) is 9.67. The molecule has 0 amide bonds. The molecule has 0 aliphatic heterocycles. The van der Waals surface area contributed by atoms with Crippen LogP contribution in [0.5, 0.6) is 0 Å². The molecule has 2 rings (SSSR count). The largest absolute Gasteiger partial charge is 0.396 e. The van der Waals surface area contributed by atoms with Crippen molar-refractivity contribution in [3.63, 3.8) is 0 Å². The molecule has 0 aromatic heterocycles. The molecule has 0 saturated heterocycles. The SMILES string of the molecule is OCCc1ccc(SCc2ccccc2)cc1. The Balaban J connectivity index is 1.91. The fraction of sp³-hybridized carbons (Fsp3) is 0.200. The Morgan fingerprint density at radius 3 is 2.18 bits per heavy atom. The van der Waals surface area contributed by atoms with E-state index in [0.29, 0.717) is 0 Å². The van der Waals surface area contributed by atoms with Gasteiger partial charge in [-0.25, -0.2) is 0 Å². The van der Waals surface area contributed by atoms with Gasteiger partial charge in [0.05, 0.1) is 0 Å². The topological polar surface area (TPSA) is 20.2 Å². The Morgan fingerprint density at radius 2 is 1.53 bits per heavy atom. The van der Waals surface area contributed by atoms with E-state index < -0.39 is 0 Å². The van der Waals surface area contributed by atoms with Crippen LogP contribution in [0.15, 0.2) is 59.5 Å². The van der Waals surface area contributed by atoms with Crippen LogP contribution in [0.25, 0.3) is 0 Å². The third-order valence-electron chi connectivity index (χ3n) is 2.57. The molecular formula is C15H16OS. The average Bonchev–Trinajstić information content (AvgIpc) is 2.40. The summed E-state index contributed by atoms with van der Waals surface area (Å²) >= 11 is 1.84. The van der Waals surface area contributed by atoms with Crippen molar-refractivity contribution in [2.45, 2.75) is 17.1 Å². The molecule has 0 atom stereocenters. The van der Waals surface area contributed by atoms with Crippen LogP contribution in [-0.4, -0.2) is 11.7 Å². The van der Waals surface area contributed by atoms with E-state index in [0.717, 1.165) is 12.2 Å². The van der Waals surface area contributed by atoms with Crippen molar-refractivity contribution in [3.05, 3.63) is 65.7 Å². The fourth-order valence-electron chi connectivity index (χ4n) is 1.62. The lowest BCUT2D eigenvalue weighted by Gasteiger charge is -2.03. The minimum absolute atomic E-state index is 0.219. The molecule has 2 aromatic rings. The smallest absolute Gasteiger partial charge is 0.0471 e. The lowest BCUT2D eigenvalue weighted by atomic mass is 10.2. The van der Waals surface area contributed by atoms with Crippen LogP contribution in [0.2, 0.25) is 0 Å². The maximum absolute atomic E-state index is 8.84. The second-order valence-corrected chi connectivity index (χ2v) is 4.94. The molecule has 0 saturated carbocycles. The van der Waals surface area contributed by atoms with Crippen molar-refractivity contribution in [2.75, 3.05) is 6.61 Å². The van der Waals surface area contributed by atoms with Gasteiger partial charge in [-0.3, -0.25) is 0 Å². The molecule has 1 nitrogen and oxygen atoms in total. The summed E-state index contributed by atoms with van der Waals surface area (Å²) in [6, 6.07) is 18.9. The maximum atomic E-state index is 8.84. The lowest BCUT2D eigenvalue weighted by Crippen LogP contribution is -1.89. The number of benzene rings is 2. The van der Waals surface area contributed by atoms with Gasteiger partial charge in [-0.05, 0) is 29.7 Å². The van der Waals surface area contributed by atoms with E-state index in [-0.39, 0.29) is 6.61 Å². The molecule has 2 aromatic carbocycles. The fourth-order valence-corrected chi connectivity index (χ4v) is 2.48. The molecule has 88 valence electrons. The second kappa shape index (κ2) is 6.48. The van der Waals surface area contributed by atoms with E-state index in [1.807, 2.05) is 17.8 Å². The highest BCUT2D eigenvalue weighted by Crippen LogP contribution is 2.22. The van der Waals surface area contributed by atoms with Crippen LogP contribution < -0.4 is 0 Å². The van der Waals surface area contributed by atoms with Crippen molar-refractivity contribution < 1.29 is 5.11 Å². The summed E-state index contributed by atoms with van der Waals surface area (Å²) in [5.41, 5.74) is 2.54. The van der Waals surface area contributed by atoms with Crippen molar-refractivity contribution in [1.29, 1.82) is 0 Å². The predicted octanol–water partition coefficient (Wildman–Crippen LogP) is 3.51. The Kier molecular flexibility index (Phi) is 4.65. The van der Waals surface area contributed by atoms with E-state index >= 15 is 0 Å². The van der Waals surface area contributed by atoms with Gasteiger partial charge in [0.25, 0.3) is 0 Å². The molecule has 1 N–H and O–H groups in total. The highest BCUT2D eigenvalue weighted by atomic mass is 32.2. The van der Waals surface area contributed by atoms with Crippen molar-refractivity contribution in [2.24, 2.45) is 0 Å². The molecule has 2 heteroatoms. The van der Waals surface area contributed by atoms with Gasteiger partial charge in [0.1, 0.15) is 0 Å². The van der Waals surface area contributed by atoms with Gasteiger partial charge in [0, 0.05) is 17.3 Å². The van der Waals surface area contributed by atoms with Crippen molar-refractivity contribution >= 4 is 11.8 Å². The third kappa shape index (κ3) is 3.91. The lowest BCUT2D eigenvalue weighted by molar-refractivity contribution is 0.299. The normalized spacial score (nSPS) is 10.4. The Morgan fingerprint density at radius 1 is 0.824 bits per heavy atom. The number of hydrogen-bond acceptors (Lipinski definition) is 2. The first kappa shape index (κ1) is 12.2. The van der Waals surface area contributed by atoms with Gasteiger partial charge in [0.15, 0.2) is 0 Å². The van der Waals surface area contributed by atoms with Crippen LogP contribution in [0.3, 0.4) is 0 Å². The summed E-state index contributed by atoms with van der Waals surface area (Å²) in [6.45, 7) is 0.219. The number of aliphatic hydroxyl groups excluding tert-OH is 1. The molecule has 0 aliphatic carbocycles. The monoisotopic (exact) mass is 244 g/mol. The number of aliphatic hydroxyl groups is 1. The number of hydrogen-bond donors (Lipinski definition) is 1. The van der Waals surface area contributed by atoms with E-state index in [9.17, 15) is 0 Å². The summed E-state index contributed by atoms with van der Waals surface area (Å²) < 4.78 is 0. The number of rotatable bonds is 5. The third-order valence-corrected chi connectivity index (χ3v) is 3.66. The summed E-state index contributed by atoms with van der Waals surface area (Å²) in [6.07, 6.45) is 0.740. The summed E-state index contributed by atoms with van der Waals surface area (Å²) in [5.74, 6) is 1.00. The first-order chi connectivity index (χ1) is 8.38. The van der Waals surface area contributed by atoms with Gasteiger partial charge in [-0.2, -0.15) is 0 Å². The summed E-state index contributed by atoms with van der Waals surface area (Å²) in [5, 5.41) is 8.84. The Bertz CT molecular complexity index is 436. The maximum Gasteiger partial charge on any atom is 0.0471 e.